The number of benzene rings is 1. The van der Waals surface area contributed by atoms with Crippen LogP contribution in [0, 0.1) is 0 Å². The van der Waals surface area contributed by atoms with Crippen molar-refractivity contribution < 1.29 is 13.2 Å². The molecule has 1 amide bonds. The zero-order chi connectivity index (χ0) is 16.9. The fourth-order valence-corrected chi connectivity index (χ4v) is 3.93. The van der Waals surface area contributed by atoms with Crippen LogP contribution in [0.2, 0.25) is 0 Å². The molecule has 0 N–H and O–H groups in total. The van der Waals surface area contributed by atoms with E-state index >= 15 is 0 Å². The molecule has 3 rings (SSSR count). The molecule has 2 aliphatic rings. The SMILES string of the molecule is CN1CCN(C(=O)c2ccc(OS(=O)N3CCCCC3)cc2)CC1. The lowest BCUT2D eigenvalue weighted by atomic mass is 10.2. The fourth-order valence-electron chi connectivity index (χ4n) is 2.99. The Balaban J connectivity index is 1.56. The second-order valence-electron chi connectivity index (χ2n) is 6.41. The maximum Gasteiger partial charge on any atom is 0.290 e. The lowest BCUT2D eigenvalue weighted by Crippen LogP contribution is -2.47. The third kappa shape index (κ3) is 4.34. The van der Waals surface area contributed by atoms with Gasteiger partial charge in [0.1, 0.15) is 5.75 Å². The largest absolute Gasteiger partial charge is 0.389 e. The molecule has 0 bridgehead atoms. The average Bonchev–Trinajstić information content (AvgIpc) is 2.63. The van der Waals surface area contributed by atoms with Gasteiger partial charge >= 0.3 is 0 Å². The van der Waals surface area contributed by atoms with E-state index in [1.54, 1.807) is 24.3 Å². The van der Waals surface area contributed by atoms with Crippen molar-refractivity contribution in [3.05, 3.63) is 29.8 Å². The number of hydrogen-bond donors (Lipinski definition) is 0. The van der Waals surface area contributed by atoms with Crippen molar-refractivity contribution in [2.75, 3.05) is 46.3 Å². The Kier molecular flexibility index (Phi) is 5.86. The first-order chi connectivity index (χ1) is 11.6. The highest BCUT2D eigenvalue weighted by Crippen LogP contribution is 2.18. The summed E-state index contributed by atoms with van der Waals surface area (Å²) in [5.41, 5.74) is 0.649. The van der Waals surface area contributed by atoms with E-state index in [0.717, 1.165) is 52.1 Å². The number of nitrogens with zero attached hydrogens (tertiary/aromatic N) is 3. The standard InChI is InChI=1S/C17H25N3O3S/c1-18-11-13-19(14-12-18)17(21)15-5-7-16(8-6-15)23-24(22)20-9-3-2-4-10-20/h5-8H,2-4,9-14H2,1H3. The van der Waals surface area contributed by atoms with Crippen LogP contribution in [0.1, 0.15) is 29.6 Å². The zero-order valence-electron chi connectivity index (χ0n) is 14.1. The van der Waals surface area contributed by atoms with Crippen molar-refractivity contribution in [3.8, 4) is 5.75 Å². The van der Waals surface area contributed by atoms with Crippen molar-refractivity contribution in [3.63, 3.8) is 0 Å². The highest BCUT2D eigenvalue weighted by atomic mass is 32.2. The average molecular weight is 351 g/mol. The summed E-state index contributed by atoms with van der Waals surface area (Å²) in [6.45, 7) is 4.95. The Bertz CT molecular complexity index is 579. The summed E-state index contributed by atoms with van der Waals surface area (Å²) in [7, 11) is 2.07. The van der Waals surface area contributed by atoms with E-state index in [4.69, 9.17) is 4.18 Å². The van der Waals surface area contributed by atoms with Gasteiger partial charge in [-0.1, -0.05) is 6.42 Å². The quantitative estimate of drug-likeness (QED) is 0.825. The lowest BCUT2D eigenvalue weighted by Gasteiger charge is -2.32. The van der Waals surface area contributed by atoms with Gasteiger partial charge in [-0.3, -0.25) is 4.79 Å². The molecular weight excluding hydrogens is 326 g/mol. The van der Waals surface area contributed by atoms with Crippen LogP contribution in [0.4, 0.5) is 0 Å². The van der Waals surface area contributed by atoms with Crippen LogP contribution in [-0.4, -0.2) is 70.5 Å². The molecule has 2 fully saturated rings. The van der Waals surface area contributed by atoms with Crippen LogP contribution in [-0.2, 0) is 11.3 Å². The number of likely N-dealkylation sites (N-methyl/N-ethyl adjacent to an activating group) is 1. The molecule has 0 aliphatic carbocycles. The molecule has 1 atom stereocenters. The van der Waals surface area contributed by atoms with Gasteiger partial charge in [-0.25, -0.2) is 0 Å². The van der Waals surface area contributed by atoms with Gasteiger partial charge in [0.2, 0.25) is 0 Å². The highest BCUT2D eigenvalue weighted by Gasteiger charge is 2.21. The van der Waals surface area contributed by atoms with Gasteiger partial charge in [0.15, 0.2) is 0 Å². The third-order valence-electron chi connectivity index (χ3n) is 4.59. The molecule has 132 valence electrons. The van der Waals surface area contributed by atoms with E-state index in [0.29, 0.717) is 11.3 Å². The summed E-state index contributed by atoms with van der Waals surface area (Å²) in [4.78, 5) is 16.6. The second-order valence-corrected chi connectivity index (χ2v) is 7.53. The molecule has 0 radical (unpaired) electrons. The summed E-state index contributed by atoms with van der Waals surface area (Å²) in [5.74, 6) is 0.584. The molecule has 1 unspecified atom stereocenters. The van der Waals surface area contributed by atoms with E-state index in [1.165, 1.54) is 6.42 Å². The van der Waals surface area contributed by atoms with Crippen LogP contribution in [0.15, 0.2) is 24.3 Å². The maximum atomic E-state index is 12.5. The first kappa shape index (κ1) is 17.4. The molecular formula is C17H25N3O3S. The summed E-state index contributed by atoms with van der Waals surface area (Å²) in [6.07, 6.45) is 3.32. The molecule has 2 saturated heterocycles. The number of carbonyl (C=O) groups is 1. The van der Waals surface area contributed by atoms with Crippen molar-refractivity contribution in [1.29, 1.82) is 0 Å². The number of carbonyl (C=O) groups excluding carboxylic acids is 1. The molecule has 0 aromatic heterocycles. The van der Waals surface area contributed by atoms with E-state index < -0.39 is 11.3 Å². The second kappa shape index (κ2) is 8.09. The van der Waals surface area contributed by atoms with Crippen LogP contribution < -0.4 is 4.18 Å². The molecule has 6 nitrogen and oxygen atoms in total. The number of piperidine rings is 1. The Labute approximate surface area is 146 Å². The van der Waals surface area contributed by atoms with E-state index in [2.05, 4.69) is 11.9 Å². The summed E-state index contributed by atoms with van der Waals surface area (Å²) in [5, 5.41) is 0. The lowest BCUT2D eigenvalue weighted by molar-refractivity contribution is 0.0664. The molecule has 0 spiro atoms. The Morgan fingerprint density at radius 3 is 2.21 bits per heavy atom. The topological polar surface area (TPSA) is 53.1 Å². The smallest absolute Gasteiger partial charge is 0.290 e. The summed E-state index contributed by atoms with van der Waals surface area (Å²) < 4.78 is 19.6. The van der Waals surface area contributed by atoms with Crippen LogP contribution >= 0.6 is 0 Å². The van der Waals surface area contributed by atoms with Gasteiger partial charge in [-0.2, -0.15) is 8.51 Å². The van der Waals surface area contributed by atoms with Crippen molar-refractivity contribution in [2.45, 2.75) is 19.3 Å². The molecule has 2 aliphatic heterocycles. The summed E-state index contributed by atoms with van der Waals surface area (Å²) >= 11 is -1.45. The van der Waals surface area contributed by atoms with E-state index in [1.807, 2.05) is 9.21 Å². The van der Waals surface area contributed by atoms with Gasteiger partial charge in [-0.15, -0.1) is 0 Å². The molecule has 1 aromatic rings. The zero-order valence-corrected chi connectivity index (χ0v) is 15.0. The van der Waals surface area contributed by atoms with Crippen molar-refractivity contribution in [1.82, 2.24) is 14.1 Å². The minimum atomic E-state index is -1.45. The monoisotopic (exact) mass is 351 g/mol. The predicted molar refractivity (Wildman–Crippen MR) is 94.0 cm³/mol. The first-order valence-electron chi connectivity index (χ1n) is 8.56. The molecule has 0 saturated carbocycles. The van der Waals surface area contributed by atoms with Gasteiger partial charge in [0, 0.05) is 44.8 Å². The summed E-state index contributed by atoms with van der Waals surface area (Å²) in [6, 6.07) is 6.96. The number of hydrogen-bond acceptors (Lipinski definition) is 4. The van der Waals surface area contributed by atoms with Gasteiger partial charge < -0.3 is 14.0 Å². The third-order valence-corrected chi connectivity index (χ3v) is 5.71. The number of piperazine rings is 1. The number of amides is 1. The minimum absolute atomic E-state index is 0.0480. The Morgan fingerprint density at radius 1 is 0.958 bits per heavy atom. The van der Waals surface area contributed by atoms with Gasteiger partial charge in [-0.05, 0) is 44.2 Å². The van der Waals surface area contributed by atoms with Gasteiger partial charge in [0.05, 0.1) is 0 Å². The van der Waals surface area contributed by atoms with Crippen LogP contribution in [0.3, 0.4) is 0 Å². The van der Waals surface area contributed by atoms with Crippen molar-refractivity contribution in [2.24, 2.45) is 0 Å². The molecule has 1 aromatic carbocycles. The molecule has 24 heavy (non-hydrogen) atoms. The van der Waals surface area contributed by atoms with Gasteiger partial charge in [0.25, 0.3) is 17.2 Å². The molecule has 7 heteroatoms. The predicted octanol–water partition coefficient (Wildman–Crippen LogP) is 1.52. The van der Waals surface area contributed by atoms with Crippen LogP contribution in [0.5, 0.6) is 5.75 Å². The Morgan fingerprint density at radius 2 is 1.58 bits per heavy atom. The maximum absolute atomic E-state index is 12.5. The number of rotatable bonds is 4. The highest BCUT2D eigenvalue weighted by molar-refractivity contribution is 7.78. The van der Waals surface area contributed by atoms with Crippen molar-refractivity contribution >= 4 is 17.2 Å². The van der Waals surface area contributed by atoms with E-state index in [-0.39, 0.29) is 5.91 Å². The fraction of sp³-hybridized carbons (Fsp3) is 0.588. The van der Waals surface area contributed by atoms with E-state index in [9.17, 15) is 9.00 Å². The first-order valence-corrected chi connectivity index (χ1v) is 9.60. The molecule has 2 heterocycles. The van der Waals surface area contributed by atoms with Crippen LogP contribution in [0.25, 0.3) is 0 Å². The minimum Gasteiger partial charge on any atom is -0.389 e. The Hall–Kier alpha value is -1.44. The normalized spacial score (nSPS) is 21.5.